The molecule has 2 heterocycles. The lowest BCUT2D eigenvalue weighted by molar-refractivity contribution is 0.0760. The van der Waals surface area contributed by atoms with E-state index in [9.17, 15) is 4.79 Å². The van der Waals surface area contributed by atoms with Crippen LogP contribution in [0.4, 0.5) is 0 Å². The number of nitrogens with zero attached hydrogens (tertiary/aromatic N) is 4. The third kappa shape index (κ3) is 3.82. The van der Waals surface area contributed by atoms with Crippen molar-refractivity contribution < 1.29 is 9.32 Å². The summed E-state index contributed by atoms with van der Waals surface area (Å²) in [4.78, 5) is 21.4. The van der Waals surface area contributed by atoms with Crippen LogP contribution in [0.2, 0.25) is 0 Å². The fraction of sp³-hybridized carbons (Fsp3) is 0.500. The Morgan fingerprint density at radius 2 is 2.04 bits per heavy atom. The van der Waals surface area contributed by atoms with E-state index >= 15 is 0 Å². The summed E-state index contributed by atoms with van der Waals surface area (Å²) in [5, 5.41) is 3.96. The minimum absolute atomic E-state index is 0.143. The van der Waals surface area contributed by atoms with Crippen molar-refractivity contribution in [2.75, 3.05) is 26.2 Å². The molecule has 0 unspecified atom stereocenters. The molecule has 6 heteroatoms. The van der Waals surface area contributed by atoms with E-state index in [2.05, 4.69) is 22.0 Å². The molecule has 3 rings (SSSR count). The number of carbonyl (C=O) groups is 1. The minimum Gasteiger partial charge on any atom is -0.340 e. The first-order chi connectivity index (χ1) is 11.7. The molecule has 1 fully saturated rings. The molecule has 0 spiro atoms. The van der Waals surface area contributed by atoms with Crippen LogP contribution >= 0.6 is 0 Å². The molecular weight excluding hydrogens is 304 g/mol. The molecule has 1 aromatic carbocycles. The maximum Gasteiger partial charge on any atom is 0.254 e. The summed E-state index contributed by atoms with van der Waals surface area (Å²) < 4.78 is 5.03. The van der Waals surface area contributed by atoms with Crippen LogP contribution in [-0.4, -0.2) is 52.0 Å². The second kappa shape index (κ2) is 7.57. The van der Waals surface area contributed by atoms with Crippen LogP contribution in [0.25, 0.3) is 0 Å². The van der Waals surface area contributed by atoms with Crippen molar-refractivity contribution in [3.63, 3.8) is 0 Å². The first-order valence-electron chi connectivity index (χ1n) is 8.56. The molecule has 0 radical (unpaired) electrons. The molecule has 6 nitrogen and oxygen atoms in total. The average molecular weight is 328 g/mol. The van der Waals surface area contributed by atoms with E-state index < -0.39 is 0 Å². The van der Waals surface area contributed by atoms with Gasteiger partial charge in [0.1, 0.15) is 0 Å². The largest absolute Gasteiger partial charge is 0.340 e. The van der Waals surface area contributed by atoms with Crippen molar-refractivity contribution >= 4 is 5.91 Å². The molecule has 0 N–H and O–H groups in total. The lowest BCUT2D eigenvalue weighted by atomic mass is 10.0. The SMILES string of the molecule is CCc1ccccc1C(=O)N1CCCN(Cc2noc(C)n2)CC1. The van der Waals surface area contributed by atoms with Crippen molar-refractivity contribution in [2.45, 2.75) is 33.2 Å². The van der Waals surface area contributed by atoms with Crippen LogP contribution < -0.4 is 0 Å². The second-order valence-corrected chi connectivity index (χ2v) is 6.16. The van der Waals surface area contributed by atoms with Crippen molar-refractivity contribution in [1.29, 1.82) is 0 Å². The summed E-state index contributed by atoms with van der Waals surface area (Å²) in [6.07, 6.45) is 1.83. The normalized spacial score (nSPS) is 16.2. The first-order valence-corrected chi connectivity index (χ1v) is 8.56. The quantitative estimate of drug-likeness (QED) is 0.862. The third-order valence-electron chi connectivity index (χ3n) is 4.44. The van der Waals surface area contributed by atoms with Gasteiger partial charge in [-0.15, -0.1) is 0 Å². The van der Waals surface area contributed by atoms with Crippen molar-refractivity contribution in [3.8, 4) is 0 Å². The number of aromatic nitrogens is 2. The van der Waals surface area contributed by atoms with Gasteiger partial charge in [0.05, 0.1) is 6.54 Å². The van der Waals surface area contributed by atoms with Crippen LogP contribution in [0.5, 0.6) is 0 Å². The van der Waals surface area contributed by atoms with Crippen LogP contribution in [0.1, 0.15) is 41.0 Å². The number of amides is 1. The molecule has 24 heavy (non-hydrogen) atoms. The van der Waals surface area contributed by atoms with E-state index in [1.807, 2.05) is 29.2 Å². The molecule has 0 bridgehead atoms. The molecule has 1 saturated heterocycles. The number of benzene rings is 1. The molecule has 0 saturated carbocycles. The first kappa shape index (κ1) is 16.6. The lowest BCUT2D eigenvalue weighted by Gasteiger charge is -2.22. The zero-order chi connectivity index (χ0) is 16.9. The van der Waals surface area contributed by atoms with Gasteiger partial charge < -0.3 is 9.42 Å². The highest BCUT2D eigenvalue weighted by atomic mass is 16.5. The Morgan fingerprint density at radius 1 is 1.21 bits per heavy atom. The van der Waals surface area contributed by atoms with Crippen molar-refractivity contribution in [3.05, 3.63) is 47.1 Å². The molecule has 0 atom stereocenters. The highest BCUT2D eigenvalue weighted by molar-refractivity contribution is 5.95. The van der Waals surface area contributed by atoms with E-state index in [0.29, 0.717) is 18.3 Å². The summed E-state index contributed by atoms with van der Waals surface area (Å²) in [5.41, 5.74) is 1.95. The summed E-state index contributed by atoms with van der Waals surface area (Å²) in [6, 6.07) is 7.91. The topological polar surface area (TPSA) is 62.5 Å². The molecular formula is C18H24N4O2. The van der Waals surface area contributed by atoms with Gasteiger partial charge in [-0.05, 0) is 24.5 Å². The number of aryl methyl sites for hydroxylation is 2. The Morgan fingerprint density at radius 3 is 2.79 bits per heavy atom. The minimum atomic E-state index is 0.143. The molecule has 1 aromatic heterocycles. The summed E-state index contributed by atoms with van der Waals surface area (Å²) in [5.74, 6) is 1.45. The van der Waals surface area contributed by atoms with E-state index in [1.165, 1.54) is 0 Å². The second-order valence-electron chi connectivity index (χ2n) is 6.16. The zero-order valence-electron chi connectivity index (χ0n) is 14.4. The van der Waals surface area contributed by atoms with Gasteiger partial charge in [-0.2, -0.15) is 4.98 Å². The maximum absolute atomic E-state index is 12.9. The lowest BCUT2D eigenvalue weighted by Crippen LogP contribution is -2.35. The van der Waals surface area contributed by atoms with E-state index in [-0.39, 0.29) is 5.91 Å². The van der Waals surface area contributed by atoms with Crippen molar-refractivity contribution in [2.24, 2.45) is 0 Å². The van der Waals surface area contributed by atoms with Crippen LogP contribution in [-0.2, 0) is 13.0 Å². The summed E-state index contributed by atoms with van der Waals surface area (Å²) in [7, 11) is 0. The Bertz CT molecular complexity index is 698. The van der Waals surface area contributed by atoms with Gasteiger partial charge >= 0.3 is 0 Å². The Balaban J connectivity index is 1.63. The van der Waals surface area contributed by atoms with Gasteiger partial charge in [0.25, 0.3) is 5.91 Å². The number of hydrogen-bond acceptors (Lipinski definition) is 5. The summed E-state index contributed by atoms with van der Waals surface area (Å²) in [6.45, 7) is 7.84. The van der Waals surface area contributed by atoms with Gasteiger partial charge in [-0.1, -0.05) is 30.3 Å². The standard InChI is InChI=1S/C18H24N4O2/c1-3-15-7-4-5-8-16(15)18(23)22-10-6-9-21(11-12-22)13-17-19-14(2)24-20-17/h4-5,7-8H,3,6,9-13H2,1-2H3. The third-order valence-corrected chi connectivity index (χ3v) is 4.44. The molecule has 1 aliphatic rings. The van der Waals surface area contributed by atoms with Crippen LogP contribution in [0, 0.1) is 6.92 Å². The predicted molar refractivity (Wildman–Crippen MR) is 90.7 cm³/mol. The summed E-state index contributed by atoms with van der Waals surface area (Å²) >= 11 is 0. The monoisotopic (exact) mass is 328 g/mol. The Kier molecular flexibility index (Phi) is 5.25. The van der Waals surface area contributed by atoms with Crippen molar-refractivity contribution in [1.82, 2.24) is 19.9 Å². The smallest absolute Gasteiger partial charge is 0.254 e. The maximum atomic E-state index is 12.9. The highest BCUT2D eigenvalue weighted by Crippen LogP contribution is 2.15. The fourth-order valence-electron chi connectivity index (χ4n) is 3.15. The number of hydrogen-bond donors (Lipinski definition) is 0. The van der Waals surface area contributed by atoms with E-state index in [0.717, 1.165) is 50.1 Å². The molecule has 1 aliphatic heterocycles. The van der Waals surface area contributed by atoms with E-state index in [4.69, 9.17) is 4.52 Å². The van der Waals surface area contributed by atoms with Gasteiger partial charge in [0, 0.05) is 38.7 Å². The van der Waals surface area contributed by atoms with E-state index in [1.54, 1.807) is 6.92 Å². The molecule has 128 valence electrons. The van der Waals surface area contributed by atoms with Gasteiger partial charge in [-0.3, -0.25) is 9.69 Å². The van der Waals surface area contributed by atoms with Gasteiger partial charge in [-0.25, -0.2) is 0 Å². The fourth-order valence-corrected chi connectivity index (χ4v) is 3.15. The Hall–Kier alpha value is -2.21. The predicted octanol–water partition coefficient (Wildman–Crippen LogP) is 2.29. The molecule has 2 aromatic rings. The number of rotatable bonds is 4. The molecule has 0 aliphatic carbocycles. The molecule has 1 amide bonds. The Labute approximate surface area is 142 Å². The highest BCUT2D eigenvalue weighted by Gasteiger charge is 2.22. The number of carbonyl (C=O) groups excluding carboxylic acids is 1. The zero-order valence-corrected chi connectivity index (χ0v) is 14.4. The van der Waals surface area contributed by atoms with Crippen LogP contribution in [0.3, 0.4) is 0 Å². The van der Waals surface area contributed by atoms with Gasteiger partial charge in [0.15, 0.2) is 5.82 Å². The average Bonchev–Trinajstić information content (AvgIpc) is 2.87. The van der Waals surface area contributed by atoms with Gasteiger partial charge in [0.2, 0.25) is 5.89 Å². The van der Waals surface area contributed by atoms with Crippen LogP contribution in [0.15, 0.2) is 28.8 Å².